The van der Waals surface area contributed by atoms with E-state index in [2.05, 4.69) is 0 Å². The lowest BCUT2D eigenvalue weighted by molar-refractivity contribution is 0.343. The Morgan fingerprint density at radius 3 is 2.83 bits per heavy atom. The number of hydrogen-bond donors (Lipinski definition) is 0. The zero-order valence-electron chi connectivity index (χ0n) is 10.3. The summed E-state index contributed by atoms with van der Waals surface area (Å²) in [5, 5.41) is 8.78. The molecule has 2 rings (SSSR count). The molecule has 1 saturated heterocycles. The van der Waals surface area contributed by atoms with Crippen LogP contribution in [0.5, 0.6) is 0 Å². The average molecular weight is 284 g/mol. The molecule has 0 spiro atoms. The molecular formula is C12H16N2O2S2. The Morgan fingerprint density at radius 1 is 1.39 bits per heavy atom. The third kappa shape index (κ3) is 2.58. The molecule has 4 nitrogen and oxygen atoms in total. The molecule has 0 bridgehead atoms. The van der Waals surface area contributed by atoms with Crippen LogP contribution in [0.2, 0.25) is 0 Å². The highest BCUT2D eigenvalue weighted by Crippen LogP contribution is 2.28. The van der Waals surface area contributed by atoms with Crippen LogP contribution < -0.4 is 0 Å². The zero-order chi connectivity index (χ0) is 13.2. The van der Waals surface area contributed by atoms with Gasteiger partial charge in [-0.3, -0.25) is 0 Å². The van der Waals surface area contributed by atoms with Gasteiger partial charge in [-0.25, -0.2) is 8.42 Å². The van der Waals surface area contributed by atoms with E-state index in [4.69, 9.17) is 5.26 Å². The van der Waals surface area contributed by atoms with Crippen LogP contribution in [0.15, 0.2) is 16.3 Å². The van der Waals surface area contributed by atoms with Crippen LogP contribution in [0.1, 0.15) is 37.5 Å². The van der Waals surface area contributed by atoms with Crippen LogP contribution in [-0.4, -0.2) is 25.3 Å². The molecule has 1 atom stereocenters. The van der Waals surface area contributed by atoms with E-state index < -0.39 is 10.0 Å². The molecular weight excluding hydrogens is 268 g/mol. The number of thiophene rings is 1. The number of sulfonamides is 1. The lowest BCUT2D eigenvalue weighted by Gasteiger charge is -2.25. The van der Waals surface area contributed by atoms with Gasteiger partial charge in [0.1, 0.15) is 15.2 Å². The van der Waals surface area contributed by atoms with Crippen molar-refractivity contribution in [1.82, 2.24) is 4.31 Å². The van der Waals surface area contributed by atoms with Crippen LogP contribution >= 0.6 is 11.3 Å². The molecule has 1 aromatic rings. The summed E-state index contributed by atoms with van der Waals surface area (Å²) in [6.45, 7) is 2.55. The van der Waals surface area contributed by atoms with Crippen LogP contribution in [0, 0.1) is 11.3 Å². The Hall–Kier alpha value is -0.900. The van der Waals surface area contributed by atoms with Crippen molar-refractivity contribution in [3.63, 3.8) is 0 Å². The summed E-state index contributed by atoms with van der Waals surface area (Å²) in [5.74, 6) is 0. The number of hydrogen-bond acceptors (Lipinski definition) is 4. The monoisotopic (exact) mass is 284 g/mol. The average Bonchev–Trinajstić information content (AvgIpc) is 2.72. The summed E-state index contributed by atoms with van der Waals surface area (Å²) in [5.41, 5.74) is 0. The fraction of sp³-hybridized carbons (Fsp3) is 0.583. The summed E-state index contributed by atoms with van der Waals surface area (Å²) in [4.78, 5) is 0.441. The molecule has 0 aliphatic carbocycles. The number of nitrogens with zero attached hydrogens (tertiary/aromatic N) is 2. The van der Waals surface area contributed by atoms with Crippen molar-refractivity contribution in [2.75, 3.05) is 6.54 Å². The van der Waals surface area contributed by atoms with Crippen molar-refractivity contribution in [1.29, 1.82) is 5.26 Å². The van der Waals surface area contributed by atoms with E-state index in [0.29, 0.717) is 11.4 Å². The van der Waals surface area contributed by atoms with Gasteiger partial charge in [0, 0.05) is 12.6 Å². The van der Waals surface area contributed by atoms with Gasteiger partial charge < -0.3 is 0 Å². The number of rotatable bonds is 2. The fourth-order valence-electron chi connectivity index (χ4n) is 2.24. The molecule has 2 heterocycles. The minimum atomic E-state index is -3.42. The van der Waals surface area contributed by atoms with Gasteiger partial charge in [0.05, 0.1) is 0 Å². The molecule has 0 N–H and O–H groups in total. The first-order valence-corrected chi connectivity index (χ1v) is 8.33. The van der Waals surface area contributed by atoms with Crippen molar-refractivity contribution >= 4 is 21.4 Å². The third-order valence-corrected chi connectivity index (χ3v) is 6.72. The Bertz CT molecular complexity index is 557. The van der Waals surface area contributed by atoms with Gasteiger partial charge in [0.25, 0.3) is 10.0 Å². The fourth-order valence-corrected chi connectivity index (χ4v) is 5.17. The Labute approximate surface area is 112 Å². The molecule has 1 aliphatic heterocycles. The highest BCUT2D eigenvalue weighted by molar-refractivity contribution is 7.91. The molecule has 1 fully saturated rings. The summed E-state index contributed by atoms with van der Waals surface area (Å²) < 4.78 is 26.9. The minimum Gasteiger partial charge on any atom is -0.206 e. The van der Waals surface area contributed by atoms with E-state index in [-0.39, 0.29) is 10.3 Å². The van der Waals surface area contributed by atoms with Gasteiger partial charge in [0.15, 0.2) is 0 Å². The minimum absolute atomic E-state index is 0.0464. The second-order valence-corrected chi connectivity index (χ2v) is 7.75. The standard InChI is InChI=1S/C12H16N2O2S2/c1-10-5-3-2-4-8-14(10)18(15,16)12-7-6-11(9-13)17-12/h6-7,10H,2-5,8H2,1H3. The molecule has 18 heavy (non-hydrogen) atoms. The van der Waals surface area contributed by atoms with Gasteiger partial charge >= 0.3 is 0 Å². The first-order valence-electron chi connectivity index (χ1n) is 6.07. The maximum atomic E-state index is 12.5. The largest absolute Gasteiger partial charge is 0.252 e. The highest BCUT2D eigenvalue weighted by atomic mass is 32.2. The lowest BCUT2D eigenvalue weighted by atomic mass is 10.1. The normalized spacial score (nSPS) is 22.3. The van der Waals surface area contributed by atoms with E-state index in [1.165, 1.54) is 6.07 Å². The van der Waals surface area contributed by atoms with Crippen molar-refractivity contribution < 1.29 is 8.42 Å². The molecule has 1 unspecified atom stereocenters. The molecule has 0 amide bonds. The SMILES string of the molecule is CC1CCCCCN1S(=O)(=O)c1ccc(C#N)s1. The van der Waals surface area contributed by atoms with Crippen molar-refractivity contribution in [3.05, 3.63) is 17.0 Å². The maximum Gasteiger partial charge on any atom is 0.252 e. The summed E-state index contributed by atoms with van der Waals surface area (Å²) in [6.07, 6.45) is 4.00. The van der Waals surface area contributed by atoms with Crippen LogP contribution in [0.25, 0.3) is 0 Å². The van der Waals surface area contributed by atoms with Gasteiger partial charge in [0.2, 0.25) is 0 Å². The Kier molecular flexibility index (Phi) is 4.05. The second kappa shape index (κ2) is 5.39. The Morgan fingerprint density at radius 2 is 2.17 bits per heavy atom. The van der Waals surface area contributed by atoms with E-state index in [0.717, 1.165) is 37.0 Å². The summed E-state index contributed by atoms with van der Waals surface area (Å²) in [6, 6.07) is 5.14. The predicted octanol–water partition coefficient (Wildman–Crippen LogP) is 2.57. The third-order valence-electron chi connectivity index (χ3n) is 3.25. The highest BCUT2D eigenvalue weighted by Gasteiger charge is 2.31. The lowest BCUT2D eigenvalue weighted by Crippen LogP contribution is -2.37. The summed E-state index contributed by atoms with van der Waals surface area (Å²) >= 11 is 1.05. The van der Waals surface area contributed by atoms with Gasteiger partial charge in [-0.1, -0.05) is 12.8 Å². The van der Waals surface area contributed by atoms with Crippen molar-refractivity contribution in [2.24, 2.45) is 0 Å². The quantitative estimate of drug-likeness (QED) is 0.838. The van der Waals surface area contributed by atoms with Gasteiger partial charge in [-0.15, -0.1) is 11.3 Å². The maximum absolute atomic E-state index is 12.5. The molecule has 1 aliphatic rings. The molecule has 0 saturated carbocycles. The molecule has 0 radical (unpaired) electrons. The smallest absolute Gasteiger partial charge is 0.206 e. The molecule has 0 aromatic carbocycles. The van der Waals surface area contributed by atoms with E-state index in [9.17, 15) is 8.42 Å². The molecule has 6 heteroatoms. The Balaban J connectivity index is 2.32. The topological polar surface area (TPSA) is 61.2 Å². The van der Waals surface area contributed by atoms with Gasteiger partial charge in [-0.2, -0.15) is 9.57 Å². The first kappa shape index (κ1) is 13.5. The van der Waals surface area contributed by atoms with Crippen LogP contribution in [0.4, 0.5) is 0 Å². The van der Waals surface area contributed by atoms with E-state index in [1.807, 2.05) is 13.0 Å². The van der Waals surface area contributed by atoms with Crippen molar-refractivity contribution in [2.45, 2.75) is 42.9 Å². The van der Waals surface area contributed by atoms with Crippen molar-refractivity contribution in [3.8, 4) is 6.07 Å². The second-order valence-electron chi connectivity index (χ2n) is 4.54. The van der Waals surface area contributed by atoms with Crippen LogP contribution in [0.3, 0.4) is 0 Å². The van der Waals surface area contributed by atoms with Gasteiger partial charge in [-0.05, 0) is 31.9 Å². The predicted molar refractivity (Wildman–Crippen MR) is 70.9 cm³/mol. The zero-order valence-corrected chi connectivity index (χ0v) is 11.9. The first-order chi connectivity index (χ1) is 8.55. The number of nitriles is 1. The summed E-state index contributed by atoms with van der Waals surface area (Å²) in [7, 11) is -3.42. The molecule has 98 valence electrons. The van der Waals surface area contributed by atoms with Crippen LogP contribution in [-0.2, 0) is 10.0 Å². The van der Waals surface area contributed by atoms with E-state index in [1.54, 1.807) is 10.4 Å². The molecule has 1 aromatic heterocycles. The van der Waals surface area contributed by atoms with E-state index >= 15 is 0 Å².